The summed E-state index contributed by atoms with van der Waals surface area (Å²) in [4.78, 5) is 12.1. The Hall–Kier alpha value is -1.94. The van der Waals surface area contributed by atoms with E-state index in [1.54, 1.807) is 24.5 Å². The van der Waals surface area contributed by atoms with Gasteiger partial charge in [-0.3, -0.25) is 4.79 Å². The van der Waals surface area contributed by atoms with E-state index >= 15 is 0 Å². The van der Waals surface area contributed by atoms with Crippen molar-refractivity contribution in [2.75, 3.05) is 14.2 Å². The molecule has 0 N–H and O–H groups in total. The maximum absolute atomic E-state index is 12.1. The predicted molar refractivity (Wildman–Crippen MR) is 71.3 cm³/mol. The minimum Gasteiger partial charge on any atom is -0.493 e. The first-order valence-electron chi connectivity index (χ1n) is 5.61. The highest BCUT2D eigenvalue weighted by Crippen LogP contribution is 2.36. The Bertz CT molecular complexity index is 575. The van der Waals surface area contributed by atoms with Crippen LogP contribution in [0.5, 0.6) is 11.5 Å². The van der Waals surface area contributed by atoms with E-state index in [4.69, 9.17) is 25.5 Å². The zero-order valence-electron chi connectivity index (χ0n) is 10.6. The van der Waals surface area contributed by atoms with Crippen LogP contribution in [0.15, 0.2) is 35.1 Å². The first-order chi connectivity index (χ1) is 9.15. The van der Waals surface area contributed by atoms with E-state index in [-0.39, 0.29) is 12.2 Å². The molecule has 0 aliphatic heterocycles. The zero-order chi connectivity index (χ0) is 13.8. The molecule has 19 heavy (non-hydrogen) atoms. The van der Waals surface area contributed by atoms with Gasteiger partial charge >= 0.3 is 0 Å². The van der Waals surface area contributed by atoms with Gasteiger partial charge < -0.3 is 13.9 Å². The number of hydrogen-bond donors (Lipinski definition) is 0. The van der Waals surface area contributed by atoms with Crippen LogP contribution in [0.25, 0.3) is 0 Å². The van der Waals surface area contributed by atoms with Gasteiger partial charge in [-0.1, -0.05) is 11.6 Å². The average Bonchev–Trinajstić information content (AvgIpc) is 2.90. The third kappa shape index (κ3) is 2.90. The standard InChI is InChI=1S/C14H13ClO4/c1-17-13-7-10(6-11(15)14(13)18-2)12(16)5-9-3-4-19-8-9/h3-4,6-8H,5H2,1-2H3. The van der Waals surface area contributed by atoms with E-state index in [1.807, 2.05) is 0 Å². The van der Waals surface area contributed by atoms with Crippen molar-refractivity contribution in [3.05, 3.63) is 46.9 Å². The Morgan fingerprint density at radius 1 is 1.32 bits per heavy atom. The molecule has 0 radical (unpaired) electrons. The third-order valence-corrected chi connectivity index (χ3v) is 2.98. The number of methoxy groups -OCH3 is 2. The van der Waals surface area contributed by atoms with Crippen LogP contribution in [0.3, 0.4) is 0 Å². The van der Waals surface area contributed by atoms with Crippen molar-refractivity contribution in [2.24, 2.45) is 0 Å². The van der Waals surface area contributed by atoms with Crippen molar-refractivity contribution in [1.29, 1.82) is 0 Å². The van der Waals surface area contributed by atoms with Gasteiger partial charge in [0.05, 0.1) is 31.8 Å². The molecule has 0 aliphatic rings. The number of ketones is 1. The Balaban J connectivity index is 2.29. The number of carbonyl (C=O) groups excluding carboxylic acids is 1. The van der Waals surface area contributed by atoms with Crippen molar-refractivity contribution in [1.82, 2.24) is 0 Å². The summed E-state index contributed by atoms with van der Waals surface area (Å²) in [6.45, 7) is 0. The third-order valence-electron chi connectivity index (χ3n) is 2.70. The number of carbonyl (C=O) groups is 1. The summed E-state index contributed by atoms with van der Waals surface area (Å²) < 4.78 is 15.2. The molecular weight excluding hydrogens is 268 g/mol. The molecule has 1 aromatic heterocycles. The van der Waals surface area contributed by atoms with Crippen LogP contribution in [0, 0.1) is 0 Å². The smallest absolute Gasteiger partial charge is 0.179 e. The van der Waals surface area contributed by atoms with E-state index in [1.165, 1.54) is 20.5 Å². The topological polar surface area (TPSA) is 48.7 Å². The van der Waals surface area contributed by atoms with Crippen molar-refractivity contribution in [3.63, 3.8) is 0 Å². The molecule has 0 saturated heterocycles. The fourth-order valence-electron chi connectivity index (χ4n) is 1.76. The van der Waals surface area contributed by atoms with Gasteiger partial charge in [0.25, 0.3) is 0 Å². The van der Waals surface area contributed by atoms with E-state index in [0.29, 0.717) is 22.1 Å². The second-order valence-electron chi connectivity index (χ2n) is 3.93. The molecular formula is C14H13ClO4. The molecule has 5 heteroatoms. The number of ether oxygens (including phenoxy) is 2. The second kappa shape index (κ2) is 5.80. The van der Waals surface area contributed by atoms with Crippen molar-refractivity contribution in [2.45, 2.75) is 6.42 Å². The maximum Gasteiger partial charge on any atom is 0.179 e. The van der Waals surface area contributed by atoms with Gasteiger partial charge in [0.15, 0.2) is 17.3 Å². The lowest BCUT2D eigenvalue weighted by molar-refractivity contribution is 0.0992. The van der Waals surface area contributed by atoms with E-state index in [9.17, 15) is 4.79 Å². The molecule has 1 heterocycles. The summed E-state index contributed by atoms with van der Waals surface area (Å²) >= 11 is 6.06. The molecule has 2 aromatic rings. The first kappa shape index (κ1) is 13.5. The molecule has 0 spiro atoms. The summed E-state index contributed by atoms with van der Waals surface area (Å²) in [5.41, 5.74) is 1.29. The van der Waals surface area contributed by atoms with Crippen LogP contribution in [-0.4, -0.2) is 20.0 Å². The zero-order valence-corrected chi connectivity index (χ0v) is 11.4. The lowest BCUT2D eigenvalue weighted by Gasteiger charge is -2.11. The molecule has 4 nitrogen and oxygen atoms in total. The van der Waals surface area contributed by atoms with Crippen LogP contribution >= 0.6 is 11.6 Å². The number of hydrogen-bond acceptors (Lipinski definition) is 4. The van der Waals surface area contributed by atoms with Crippen LogP contribution in [0.1, 0.15) is 15.9 Å². The molecule has 0 fully saturated rings. The van der Waals surface area contributed by atoms with E-state index in [2.05, 4.69) is 0 Å². The van der Waals surface area contributed by atoms with Crippen molar-refractivity contribution >= 4 is 17.4 Å². The Labute approximate surface area is 115 Å². The second-order valence-corrected chi connectivity index (χ2v) is 4.33. The quantitative estimate of drug-likeness (QED) is 0.788. The van der Waals surface area contributed by atoms with Gasteiger partial charge in [0.2, 0.25) is 0 Å². The largest absolute Gasteiger partial charge is 0.493 e. The molecule has 1 aromatic carbocycles. The van der Waals surface area contributed by atoms with E-state index in [0.717, 1.165) is 5.56 Å². The average molecular weight is 281 g/mol. The highest BCUT2D eigenvalue weighted by molar-refractivity contribution is 6.32. The minimum absolute atomic E-state index is 0.0655. The Morgan fingerprint density at radius 3 is 2.68 bits per heavy atom. The van der Waals surface area contributed by atoms with Crippen LogP contribution in [-0.2, 0) is 6.42 Å². The summed E-state index contributed by atoms with van der Waals surface area (Å²) in [5.74, 6) is 0.791. The first-order valence-corrected chi connectivity index (χ1v) is 5.99. The highest BCUT2D eigenvalue weighted by Gasteiger charge is 2.15. The van der Waals surface area contributed by atoms with Gasteiger partial charge in [-0.25, -0.2) is 0 Å². The van der Waals surface area contributed by atoms with Crippen molar-refractivity contribution < 1.29 is 18.7 Å². The maximum atomic E-state index is 12.1. The number of furan rings is 1. The van der Waals surface area contributed by atoms with Gasteiger partial charge in [-0.15, -0.1) is 0 Å². The fourth-order valence-corrected chi connectivity index (χ4v) is 2.05. The normalized spacial score (nSPS) is 10.3. The molecule has 0 bridgehead atoms. The number of benzene rings is 1. The summed E-state index contributed by atoms with van der Waals surface area (Å²) in [5, 5.41) is 0.345. The lowest BCUT2D eigenvalue weighted by atomic mass is 10.0. The molecule has 0 unspecified atom stereocenters. The SMILES string of the molecule is COc1cc(C(=O)Cc2ccoc2)cc(Cl)c1OC. The summed E-state index contributed by atoms with van der Waals surface area (Å²) in [7, 11) is 3.00. The molecule has 0 saturated carbocycles. The summed E-state index contributed by atoms with van der Waals surface area (Å²) in [6.07, 6.45) is 3.33. The van der Waals surface area contributed by atoms with Crippen molar-refractivity contribution in [3.8, 4) is 11.5 Å². The van der Waals surface area contributed by atoms with Crippen LogP contribution in [0.4, 0.5) is 0 Å². The van der Waals surface area contributed by atoms with Crippen LogP contribution < -0.4 is 9.47 Å². The Kier molecular flexibility index (Phi) is 4.12. The fraction of sp³-hybridized carbons (Fsp3) is 0.214. The highest BCUT2D eigenvalue weighted by atomic mass is 35.5. The monoisotopic (exact) mass is 280 g/mol. The van der Waals surface area contributed by atoms with Gasteiger partial charge in [-0.05, 0) is 23.8 Å². The number of Topliss-reactive ketones (excluding diaryl/α,β-unsaturated/α-hetero) is 1. The van der Waals surface area contributed by atoms with E-state index < -0.39 is 0 Å². The predicted octanol–water partition coefficient (Wildman–Crippen LogP) is 3.38. The molecule has 100 valence electrons. The molecule has 0 atom stereocenters. The van der Waals surface area contributed by atoms with Crippen LogP contribution in [0.2, 0.25) is 5.02 Å². The minimum atomic E-state index is -0.0655. The Morgan fingerprint density at radius 2 is 2.11 bits per heavy atom. The number of halogens is 1. The van der Waals surface area contributed by atoms with Gasteiger partial charge in [0, 0.05) is 12.0 Å². The lowest BCUT2D eigenvalue weighted by Crippen LogP contribution is -2.04. The van der Waals surface area contributed by atoms with Gasteiger partial charge in [0.1, 0.15) is 0 Å². The van der Waals surface area contributed by atoms with Gasteiger partial charge in [-0.2, -0.15) is 0 Å². The molecule has 0 amide bonds. The molecule has 2 rings (SSSR count). The number of rotatable bonds is 5. The summed E-state index contributed by atoms with van der Waals surface area (Å²) in [6, 6.07) is 4.94. The molecule has 0 aliphatic carbocycles.